The van der Waals surface area contributed by atoms with Gasteiger partial charge in [-0.3, -0.25) is 0 Å². The average Bonchev–Trinajstić information content (AvgIpc) is 3.56. The van der Waals surface area contributed by atoms with Gasteiger partial charge in [-0.2, -0.15) is 0 Å². The quantitative estimate of drug-likeness (QED) is 0.249. The van der Waals surface area contributed by atoms with Crippen molar-refractivity contribution in [3.8, 4) is 33.9 Å². The minimum atomic E-state index is 0.672. The highest BCUT2D eigenvalue weighted by atomic mass is 16.4. The first-order chi connectivity index (χ1) is 18.8. The van der Waals surface area contributed by atoms with E-state index in [9.17, 15) is 0 Å². The summed E-state index contributed by atoms with van der Waals surface area (Å²) in [7, 11) is 0. The minimum absolute atomic E-state index is 0.672. The van der Waals surface area contributed by atoms with Crippen LogP contribution >= 0.6 is 0 Å². The van der Waals surface area contributed by atoms with Crippen molar-refractivity contribution in [1.29, 1.82) is 0 Å². The van der Waals surface area contributed by atoms with Gasteiger partial charge < -0.3 is 8.83 Å². The van der Waals surface area contributed by atoms with E-state index in [1.807, 2.05) is 66.7 Å². The number of para-hydroxylation sites is 1. The Kier molecular flexibility index (Phi) is 4.49. The van der Waals surface area contributed by atoms with E-state index in [4.69, 9.17) is 18.8 Å². The van der Waals surface area contributed by atoms with Gasteiger partial charge in [0, 0.05) is 38.2 Å². The topological polar surface area (TPSA) is 52.1 Å². The zero-order chi connectivity index (χ0) is 25.1. The molecule has 0 atom stereocenters. The predicted molar refractivity (Wildman–Crippen MR) is 153 cm³/mol. The average molecular weight is 489 g/mol. The first-order valence-electron chi connectivity index (χ1n) is 12.6. The van der Waals surface area contributed by atoms with Crippen molar-refractivity contribution >= 4 is 43.9 Å². The summed E-state index contributed by atoms with van der Waals surface area (Å²) >= 11 is 0. The van der Waals surface area contributed by atoms with Crippen LogP contribution in [0.15, 0.2) is 130 Å². The molecule has 0 aliphatic rings. The predicted octanol–water partition coefficient (Wildman–Crippen LogP) is 9.28. The van der Waals surface area contributed by atoms with E-state index in [1.165, 1.54) is 0 Å². The molecule has 178 valence electrons. The third kappa shape index (κ3) is 3.24. The Morgan fingerprint density at radius 3 is 1.61 bits per heavy atom. The highest BCUT2D eigenvalue weighted by molar-refractivity contribution is 6.19. The van der Waals surface area contributed by atoms with E-state index in [1.54, 1.807) is 0 Å². The van der Waals surface area contributed by atoms with Gasteiger partial charge in [-0.05, 0) is 42.5 Å². The second kappa shape index (κ2) is 8.15. The Labute approximate surface area is 217 Å². The third-order valence-corrected chi connectivity index (χ3v) is 7.11. The van der Waals surface area contributed by atoms with Crippen molar-refractivity contribution in [2.24, 2.45) is 0 Å². The molecule has 0 spiro atoms. The number of fused-ring (bicyclic) bond motifs is 7. The lowest BCUT2D eigenvalue weighted by atomic mass is 10.0. The molecule has 0 aliphatic heterocycles. The van der Waals surface area contributed by atoms with Crippen molar-refractivity contribution in [1.82, 2.24) is 9.97 Å². The number of hydrogen-bond donors (Lipinski definition) is 0. The summed E-state index contributed by atoms with van der Waals surface area (Å²) in [5.41, 5.74) is 8.00. The Morgan fingerprint density at radius 1 is 0.395 bits per heavy atom. The Balaban J connectivity index is 1.35. The summed E-state index contributed by atoms with van der Waals surface area (Å²) in [6.07, 6.45) is 0. The standard InChI is InChI=1S/C34H20N2O2/c1-3-9-21(10-4-1)28-20-29(22-11-5-2-6-12-22)36-34(35-28)23-15-18-31-27(19-23)26-17-16-25-24-13-7-8-14-30(24)37-32(25)33(26)38-31/h1-20H. The normalized spacial score (nSPS) is 11.7. The van der Waals surface area contributed by atoms with Crippen LogP contribution in [0.1, 0.15) is 0 Å². The van der Waals surface area contributed by atoms with E-state index in [-0.39, 0.29) is 0 Å². The first kappa shape index (κ1) is 20.9. The number of nitrogens with zero attached hydrogens (tertiary/aromatic N) is 2. The van der Waals surface area contributed by atoms with Gasteiger partial charge in [0.05, 0.1) is 11.4 Å². The van der Waals surface area contributed by atoms with Crippen molar-refractivity contribution in [2.45, 2.75) is 0 Å². The summed E-state index contributed by atoms with van der Waals surface area (Å²) in [4.78, 5) is 9.98. The van der Waals surface area contributed by atoms with Gasteiger partial charge in [0.25, 0.3) is 0 Å². The van der Waals surface area contributed by atoms with Crippen LogP contribution in [0.2, 0.25) is 0 Å². The fraction of sp³-hybridized carbons (Fsp3) is 0. The van der Waals surface area contributed by atoms with E-state index >= 15 is 0 Å². The summed E-state index contributed by atoms with van der Waals surface area (Å²) < 4.78 is 12.6. The first-order valence-corrected chi connectivity index (χ1v) is 12.6. The van der Waals surface area contributed by atoms with Crippen LogP contribution in [0.3, 0.4) is 0 Å². The number of benzene rings is 5. The van der Waals surface area contributed by atoms with Gasteiger partial charge >= 0.3 is 0 Å². The Hall–Kier alpha value is -5.22. The van der Waals surface area contributed by atoms with E-state index in [0.717, 1.165) is 72.0 Å². The van der Waals surface area contributed by atoms with E-state index < -0.39 is 0 Å². The lowest BCUT2D eigenvalue weighted by Crippen LogP contribution is -1.95. The number of furan rings is 2. The fourth-order valence-corrected chi connectivity index (χ4v) is 5.25. The second-order valence-corrected chi connectivity index (χ2v) is 9.42. The SMILES string of the molecule is c1ccc(-c2cc(-c3ccccc3)nc(-c3ccc4oc5c(ccc6c7ccccc7oc65)c4c3)n2)cc1. The number of hydrogen-bond acceptors (Lipinski definition) is 4. The summed E-state index contributed by atoms with van der Waals surface area (Å²) in [5.74, 6) is 0.672. The van der Waals surface area contributed by atoms with Crippen molar-refractivity contribution in [2.75, 3.05) is 0 Å². The molecule has 0 N–H and O–H groups in total. The van der Waals surface area contributed by atoms with Crippen molar-refractivity contribution in [3.05, 3.63) is 121 Å². The lowest BCUT2D eigenvalue weighted by molar-refractivity contribution is 0.633. The van der Waals surface area contributed by atoms with Gasteiger partial charge in [-0.1, -0.05) is 78.9 Å². The maximum absolute atomic E-state index is 6.34. The number of rotatable bonds is 3. The van der Waals surface area contributed by atoms with Crippen LogP contribution in [0.5, 0.6) is 0 Å². The lowest BCUT2D eigenvalue weighted by Gasteiger charge is -2.09. The molecule has 4 heteroatoms. The highest BCUT2D eigenvalue weighted by Crippen LogP contribution is 2.39. The zero-order valence-electron chi connectivity index (χ0n) is 20.3. The van der Waals surface area contributed by atoms with Crippen LogP contribution in [0.4, 0.5) is 0 Å². The van der Waals surface area contributed by atoms with Crippen molar-refractivity contribution < 1.29 is 8.83 Å². The maximum Gasteiger partial charge on any atom is 0.178 e. The van der Waals surface area contributed by atoms with Crippen LogP contribution in [0.25, 0.3) is 77.8 Å². The Bertz CT molecular complexity index is 2070. The monoisotopic (exact) mass is 488 g/mol. The largest absolute Gasteiger partial charge is 0.452 e. The summed E-state index contributed by atoms with van der Waals surface area (Å²) in [5, 5.41) is 4.16. The zero-order valence-corrected chi connectivity index (χ0v) is 20.3. The van der Waals surface area contributed by atoms with Gasteiger partial charge in [-0.15, -0.1) is 0 Å². The molecule has 0 amide bonds. The molecule has 3 heterocycles. The molecular formula is C34H20N2O2. The molecule has 5 aromatic carbocycles. The third-order valence-electron chi connectivity index (χ3n) is 7.11. The Morgan fingerprint density at radius 2 is 0.947 bits per heavy atom. The highest BCUT2D eigenvalue weighted by Gasteiger charge is 2.17. The molecular weight excluding hydrogens is 468 g/mol. The van der Waals surface area contributed by atoms with Gasteiger partial charge in [0.2, 0.25) is 0 Å². The smallest absolute Gasteiger partial charge is 0.178 e. The molecule has 0 radical (unpaired) electrons. The van der Waals surface area contributed by atoms with Crippen molar-refractivity contribution in [3.63, 3.8) is 0 Å². The summed E-state index contributed by atoms with van der Waals surface area (Å²) in [6, 6.07) is 41.0. The molecule has 0 fully saturated rings. The van der Waals surface area contributed by atoms with Crippen LogP contribution < -0.4 is 0 Å². The van der Waals surface area contributed by atoms with Crippen LogP contribution in [0, 0.1) is 0 Å². The summed E-state index contributed by atoms with van der Waals surface area (Å²) in [6.45, 7) is 0. The van der Waals surface area contributed by atoms with Gasteiger partial charge in [0.15, 0.2) is 17.0 Å². The minimum Gasteiger partial charge on any atom is -0.452 e. The molecule has 3 aromatic heterocycles. The molecule has 0 aliphatic carbocycles. The van der Waals surface area contributed by atoms with Crippen LogP contribution in [-0.2, 0) is 0 Å². The molecule has 0 bridgehead atoms. The van der Waals surface area contributed by atoms with E-state index in [2.05, 4.69) is 54.6 Å². The van der Waals surface area contributed by atoms with Gasteiger partial charge in [0.1, 0.15) is 11.2 Å². The molecule has 0 unspecified atom stereocenters. The number of aromatic nitrogens is 2. The van der Waals surface area contributed by atoms with E-state index in [0.29, 0.717) is 5.82 Å². The molecule has 0 saturated carbocycles. The molecule has 0 saturated heterocycles. The molecule has 8 aromatic rings. The molecule has 38 heavy (non-hydrogen) atoms. The van der Waals surface area contributed by atoms with Gasteiger partial charge in [-0.25, -0.2) is 9.97 Å². The second-order valence-electron chi connectivity index (χ2n) is 9.42. The molecule has 8 rings (SSSR count). The fourth-order valence-electron chi connectivity index (χ4n) is 5.25. The molecule has 4 nitrogen and oxygen atoms in total. The van der Waals surface area contributed by atoms with Crippen LogP contribution in [-0.4, -0.2) is 9.97 Å². The maximum atomic E-state index is 6.34.